The van der Waals surface area contributed by atoms with Crippen LogP contribution < -0.4 is 0 Å². The van der Waals surface area contributed by atoms with Crippen LogP contribution in [0.4, 0.5) is 0 Å². The number of hydrogen-bond acceptors (Lipinski definition) is 4. The third-order valence-corrected chi connectivity index (χ3v) is 3.29. The maximum Gasteiger partial charge on any atom is 0.236 e. The average Bonchev–Trinajstić information content (AvgIpc) is 2.66. The van der Waals surface area contributed by atoms with E-state index in [0.717, 1.165) is 17.8 Å². The molecule has 0 spiro atoms. The van der Waals surface area contributed by atoms with Gasteiger partial charge >= 0.3 is 0 Å². The Morgan fingerprint density at radius 2 is 2.00 bits per heavy atom. The van der Waals surface area contributed by atoms with E-state index in [1.807, 2.05) is 25.8 Å². The maximum atomic E-state index is 11.9. The second-order valence-electron chi connectivity index (χ2n) is 4.94. The lowest BCUT2D eigenvalue weighted by Gasteiger charge is -2.21. The van der Waals surface area contributed by atoms with Crippen LogP contribution in [0.5, 0.6) is 0 Å². The van der Waals surface area contributed by atoms with Crippen molar-refractivity contribution in [2.45, 2.75) is 20.3 Å². The standard InChI is InChI=1S/C13H24N4O2/c1-10-12(11(2)15-14-10)5-6-17(4)13(19)9-16(3)7-8-18/h18H,5-9H2,1-4H3,(H,14,15). The van der Waals surface area contributed by atoms with Gasteiger partial charge in [0, 0.05) is 25.8 Å². The molecule has 2 N–H and O–H groups in total. The van der Waals surface area contributed by atoms with Gasteiger partial charge < -0.3 is 10.0 Å². The van der Waals surface area contributed by atoms with Crippen LogP contribution in [-0.4, -0.2) is 71.3 Å². The zero-order valence-corrected chi connectivity index (χ0v) is 12.2. The highest BCUT2D eigenvalue weighted by atomic mass is 16.3. The minimum absolute atomic E-state index is 0.0646. The average molecular weight is 268 g/mol. The highest BCUT2D eigenvalue weighted by Gasteiger charge is 2.13. The third kappa shape index (κ3) is 4.65. The van der Waals surface area contributed by atoms with Crippen LogP contribution in [-0.2, 0) is 11.2 Å². The van der Waals surface area contributed by atoms with Crippen LogP contribution >= 0.6 is 0 Å². The molecular formula is C13H24N4O2. The molecule has 1 heterocycles. The zero-order chi connectivity index (χ0) is 14.4. The van der Waals surface area contributed by atoms with E-state index >= 15 is 0 Å². The zero-order valence-electron chi connectivity index (χ0n) is 12.2. The SMILES string of the molecule is Cc1n[nH]c(C)c1CCN(C)C(=O)CN(C)CCO. The van der Waals surface area contributed by atoms with E-state index < -0.39 is 0 Å². The Kier molecular flexibility index (Phi) is 5.98. The molecule has 1 aromatic heterocycles. The largest absolute Gasteiger partial charge is 0.395 e. The van der Waals surface area contributed by atoms with Gasteiger partial charge in [0.25, 0.3) is 0 Å². The number of rotatable bonds is 7. The Morgan fingerprint density at radius 3 is 2.53 bits per heavy atom. The molecule has 0 radical (unpaired) electrons. The molecule has 1 amide bonds. The molecule has 1 aromatic rings. The Hall–Kier alpha value is -1.40. The summed E-state index contributed by atoms with van der Waals surface area (Å²) in [5, 5.41) is 15.9. The van der Waals surface area contributed by atoms with E-state index in [9.17, 15) is 4.79 Å². The molecule has 0 saturated carbocycles. The molecule has 0 atom stereocenters. The van der Waals surface area contributed by atoms with Crippen molar-refractivity contribution < 1.29 is 9.90 Å². The summed E-state index contributed by atoms with van der Waals surface area (Å²) >= 11 is 0. The predicted octanol–water partition coefficient (Wildman–Crippen LogP) is -0.0485. The summed E-state index contributed by atoms with van der Waals surface area (Å²) in [6.07, 6.45) is 0.806. The van der Waals surface area contributed by atoms with Crippen molar-refractivity contribution in [3.8, 4) is 0 Å². The fourth-order valence-corrected chi connectivity index (χ4v) is 1.95. The molecule has 108 valence electrons. The fourth-order valence-electron chi connectivity index (χ4n) is 1.95. The minimum Gasteiger partial charge on any atom is -0.395 e. The van der Waals surface area contributed by atoms with E-state index in [-0.39, 0.29) is 12.5 Å². The minimum atomic E-state index is 0.0646. The Labute approximate surface area is 114 Å². The van der Waals surface area contributed by atoms with Crippen molar-refractivity contribution >= 4 is 5.91 Å². The molecule has 0 aromatic carbocycles. The van der Waals surface area contributed by atoms with Crippen LogP contribution in [0.25, 0.3) is 0 Å². The number of likely N-dealkylation sites (N-methyl/N-ethyl adjacent to an activating group) is 2. The summed E-state index contributed by atoms with van der Waals surface area (Å²) in [7, 11) is 3.63. The van der Waals surface area contributed by atoms with Gasteiger partial charge in [0.1, 0.15) is 0 Å². The third-order valence-electron chi connectivity index (χ3n) is 3.29. The molecular weight excluding hydrogens is 244 g/mol. The number of hydrogen-bond donors (Lipinski definition) is 2. The number of H-pyrrole nitrogens is 1. The van der Waals surface area contributed by atoms with Gasteiger partial charge in [0.2, 0.25) is 5.91 Å². The maximum absolute atomic E-state index is 11.9. The molecule has 0 unspecified atom stereocenters. The number of aliphatic hydroxyl groups excluding tert-OH is 1. The molecule has 0 aliphatic rings. The van der Waals surface area contributed by atoms with Crippen molar-refractivity contribution in [2.75, 3.05) is 40.3 Å². The summed E-state index contributed by atoms with van der Waals surface area (Å²) in [6.45, 7) is 5.55. The number of nitrogens with zero attached hydrogens (tertiary/aromatic N) is 3. The summed E-state index contributed by atoms with van der Waals surface area (Å²) in [4.78, 5) is 15.5. The highest BCUT2D eigenvalue weighted by Crippen LogP contribution is 2.10. The van der Waals surface area contributed by atoms with Gasteiger partial charge in [0.15, 0.2) is 0 Å². The molecule has 19 heavy (non-hydrogen) atoms. The second-order valence-corrected chi connectivity index (χ2v) is 4.94. The Balaban J connectivity index is 2.42. The second kappa shape index (κ2) is 7.25. The van der Waals surface area contributed by atoms with E-state index in [4.69, 9.17) is 5.11 Å². The first-order chi connectivity index (χ1) is 8.95. The number of aryl methyl sites for hydroxylation is 2. The molecule has 1 rings (SSSR count). The molecule has 0 saturated heterocycles. The van der Waals surface area contributed by atoms with Crippen molar-refractivity contribution in [1.82, 2.24) is 20.0 Å². The first kappa shape index (κ1) is 15.7. The molecule has 0 aliphatic carbocycles. The smallest absolute Gasteiger partial charge is 0.236 e. The number of carbonyl (C=O) groups excluding carboxylic acids is 1. The number of aliphatic hydroxyl groups is 1. The van der Waals surface area contributed by atoms with Crippen molar-refractivity contribution in [3.05, 3.63) is 17.0 Å². The lowest BCUT2D eigenvalue weighted by atomic mass is 10.1. The van der Waals surface area contributed by atoms with E-state index in [1.54, 1.807) is 11.9 Å². The highest BCUT2D eigenvalue weighted by molar-refractivity contribution is 5.77. The summed E-state index contributed by atoms with van der Waals surface area (Å²) in [6, 6.07) is 0. The molecule has 0 bridgehead atoms. The molecule has 0 fully saturated rings. The van der Waals surface area contributed by atoms with Crippen LogP contribution in [0.3, 0.4) is 0 Å². The summed E-state index contributed by atoms with van der Waals surface area (Å²) in [5.41, 5.74) is 3.25. The number of nitrogens with one attached hydrogen (secondary N) is 1. The Bertz CT molecular complexity index is 397. The fraction of sp³-hybridized carbons (Fsp3) is 0.692. The summed E-state index contributed by atoms with van der Waals surface area (Å²) in [5.74, 6) is 0.0646. The van der Waals surface area contributed by atoms with E-state index in [2.05, 4.69) is 10.2 Å². The normalized spacial score (nSPS) is 11.1. The number of aromatic nitrogens is 2. The molecule has 6 nitrogen and oxygen atoms in total. The Morgan fingerprint density at radius 1 is 1.32 bits per heavy atom. The predicted molar refractivity (Wildman–Crippen MR) is 74.0 cm³/mol. The van der Waals surface area contributed by atoms with Gasteiger partial charge in [-0.25, -0.2) is 0 Å². The lowest BCUT2D eigenvalue weighted by molar-refractivity contribution is -0.130. The number of aromatic amines is 1. The lowest BCUT2D eigenvalue weighted by Crippen LogP contribution is -2.38. The van der Waals surface area contributed by atoms with Gasteiger partial charge in [-0.05, 0) is 32.9 Å². The first-order valence-corrected chi connectivity index (χ1v) is 6.49. The monoisotopic (exact) mass is 268 g/mol. The van der Waals surface area contributed by atoms with E-state index in [1.165, 1.54) is 5.56 Å². The molecule has 0 aliphatic heterocycles. The van der Waals surface area contributed by atoms with Gasteiger partial charge in [-0.1, -0.05) is 0 Å². The molecule has 6 heteroatoms. The van der Waals surface area contributed by atoms with Gasteiger partial charge in [-0.3, -0.25) is 14.8 Å². The van der Waals surface area contributed by atoms with Crippen LogP contribution in [0, 0.1) is 13.8 Å². The quantitative estimate of drug-likeness (QED) is 0.727. The summed E-state index contributed by atoms with van der Waals surface area (Å²) < 4.78 is 0. The van der Waals surface area contributed by atoms with E-state index in [0.29, 0.717) is 19.6 Å². The number of amides is 1. The topological polar surface area (TPSA) is 72.5 Å². The van der Waals surface area contributed by atoms with Crippen molar-refractivity contribution in [1.29, 1.82) is 0 Å². The van der Waals surface area contributed by atoms with Gasteiger partial charge in [-0.2, -0.15) is 5.10 Å². The van der Waals surface area contributed by atoms with Crippen LogP contribution in [0.15, 0.2) is 0 Å². The van der Waals surface area contributed by atoms with Crippen molar-refractivity contribution in [2.24, 2.45) is 0 Å². The van der Waals surface area contributed by atoms with Gasteiger partial charge in [0.05, 0.1) is 18.8 Å². The van der Waals surface area contributed by atoms with Crippen LogP contribution in [0.2, 0.25) is 0 Å². The first-order valence-electron chi connectivity index (χ1n) is 6.49. The van der Waals surface area contributed by atoms with Crippen LogP contribution in [0.1, 0.15) is 17.0 Å². The van der Waals surface area contributed by atoms with Crippen molar-refractivity contribution in [3.63, 3.8) is 0 Å². The van der Waals surface area contributed by atoms with Gasteiger partial charge in [-0.15, -0.1) is 0 Å². The number of carbonyl (C=O) groups is 1.